The Morgan fingerprint density at radius 1 is 0.903 bits per heavy atom. The number of benzene rings is 2. The summed E-state index contributed by atoms with van der Waals surface area (Å²) in [6, 6.07) is 20.9. The zero-order chi connectivity index (χ0) is 21.6. The van der Waals surface area contributed by atoms with E-state index in [2.05, 4.69) is 20.5 Å². The van der Waals surface area contributed by atoms with E-state index in [-0.39, 0.29) is 11.7 Å². The number of nitrogens with one attached hydrogen (secondary N) is 1. The largest absolute Gasteiger partial charge is 0.365 e. The molecule has 154 valence electrons. The van der Waals surface area contributed by atoms with Gasteiger partial charge in [-0.1, -0.05) is 12.1 Å². The maximum absolute atomic E-state index is 13.0. The van der Waals surface area contributed by atoms with E-state index in [0.29, 0.717) is 23.6 Å². The third-order valence-corrected chi connectivity index (χ3v) is 4.83. The maximum Gasteiger partial charge on any atom is 0.258 e. The average Bonchev–Trinajstić information content (AvgIpc) is 2.83. The van der Waals surface area contributed by atoms with E-state index in [0.717, 1.165) is 16.8 Å². The summed E-state index contributed by atoms with van der Waals surface area (Å²) in [4.78, 5) is 18.1. The number of carbonyl (C=O) groups is 1. The lowest BCUT2D eigenvalue weighted by molar-refractivity contribution is 0.0993. The molecule has 6 nitrogen and oxygen atoms in total. The number of halogens is 1. The molecule has 0 unspecified atom stereocenters. The van der Waals surface area contributed by atoms with Crippen LogP contribution in [0, 0.1) is 5.82 Å². The minimum Gasteiger partial charge on any atom is -0.365 e. The predicted molar refractivity (Wildman–Crippen MR) is 118 cm³/mol. The van der Waals surface area contributed by atoms with Crippen molar-refractivity contribution in [3.05, 3.63) is 102 Å². The standard InChI is InChI=1S/C24H20FN5O/c1-30(24(31)19-12-14-26-15-13-19)21-8-2-17(3-9-21)16-27-23-11-10-22(28-29-23)18-4-6-20(25)7-5-18/h2-15H,16H2,1H3,(H,27,29). The number of amides is 1. The van der Waals surface area contributed by atoms with Gasteiger partial charge in [-0.15, -0.1) is 10.2 Å². The molecular weight excluding hydrogens is 393 g/mol. The highest BCUT2D eigenvalue weighted by Crippen LogP contribution is 2.19. The van der Waals surface area contributed by atoms with Gasteiger partial charge in [0.2, 0.25) is 0 Å². The molecule has 0 bridgehead atoms. The number of carbonyl (C=O) groups excluding carboxylic acids is 1. The molecule has 0 atom stereocenters. The van der Waals surface area contributed by atoms with E-state index in [1.165, 1.54) is 12.1 Å². The van der Waals surface area contributed by atoms with Crippen LogP contribution in [0.1, 0.15) is 15.9 Å². The molecule has 0 saturated carbocycles. The van der Waals surface area contributed by atoms with E-state index in [1.54, 1.807) is 48.6 Å². The van der Waals surface area contributed by atoms with Crippen molar-refractivity contribution in [2.24, 2.45) is 0 Å². The van der Waals surface area contributed by atoms with Crippen LogP contribution in [-0.4, -0.2) is 28.1 Å². The molecular formula is C24H20FN5O. The Hall–Kier alpha value is -4.13. The van der Waals surface area contributed by atoms with Crippen LogP contribution in [0.25, 0.3) is 11.3 Å². The summed E-state index contributed by atoms with van der Waals surface area (Å²) >= 11 is 0. The average molecular weight is 413 g/mol. The monoisotopic (exact) mass is 413 g/mol. The highest BCUT2D eigenvalue weighted by molar-refractivity contribution is 6.05. The molecule has 0 aliphatic carbocycles. The highest BCUT2D eigenvalue weighted by atomic mass is 19.1. The SMILES string of the molecule is CN(C(=O)c1ccncc1)c1ccc(CNc2ccc(-c3ccc(F)cc3)nn2)cc1. The number of nitrogens with zero attached hydrogens (tertiary/aromatic N) is 4. The molecule has 31 heavy (non-hydrogen) atoms. The van der Waals surface area contributed by atoms with Crippen molar-refractivity contribution in [3.63, 3.8) is 0 Å². The van der Waals surface area contributed by atoms with Gasteiger partial charge in [-0.05, 0) is 66.2 Å². The second-order valence-electron chi connectivity index (χ2n) is 6.93. The minimum atomic E-state index is -0.283. The van der Waals surface area contributed by atoms with Crippen molar-refractivity contribution in [1.82, 2.24) is 15.2 Å². The van der Waals surface area contributed by atoms with Crippen LogP contribution in [0.5, 0.6) is 0 Å². The van der Waals surface area contributed by atoms with E-state index in [1.807, 2.05) is 36.4 Å². The van der Waals surface area contributed by atoms with Gasteiger partial charge in [0.15, 0.2) is 0 Å². The second kappa shape index (κ2) is 9.13. The van der Waals surface area contributed by atoms with Crippen molar-refractivity contribution in [1.29, 1.82) is 0 Å². The molecule has 2 heterocycles. The molecule has 4 aromatic rings. The predicted octanol–water partition coefficient (Wildman–Crippen LogP) is 4.57. The van der Waals surface area contributed by atoms with Crippen molar-refractivity contribution in [3.8, 4) is 11.3 Å². The van der Waals surface area contributed by atoms with Gasteiger partial charge in [-0.25, -0.2) is 4.39 Å². The molecule has 2 aromatic heterocycles. The Balaban J connectivity index is 1.36. The molecule has 1 amide bonds. The first-order chi connectivity index (χ1) is 15.1. The molecule has 0 aliphatic heterocycles. The van der Waals surface area contributed by atoms with Crippen LogP contribution < -0.4 is 10.2 Å². The molecule has 0 radical (unpaired) electrons. The van der Waals surface area contributed by atoms with Gasteiger partial charge in [0.25, 0.3) is 5.91 Å². The Kier molecular flexibility index (Phi) is 5.93. The van der Waals surface area contributed by atoms with E-state index >= 15 is 0 Å². The van der Waals surface area contributed by atoms with E-state index in [4.69, 9.17) is 0 Å². The van der Waals surface area contributed by atoms with Crippen molar-refractivity contribution in [2.75, 3.05) is 17.3 Å². The molecule has 0 aliphatic rings. The maximum atomic E-state index is 13.0. The summed E-state index contributed by atoms with van der Waals surface area (Å²) in [5.41, 5.74) is 3.91. The van der Waals surface area contributed by atoms with Gasteiger partial charge >= 0.3 is 0 Å². The van der Waals surface area contributed by atoms with Gasteiger partial charge in [-0.3, -0.25) is 9.78 Å². The number of pyridine rings is 1. The number of rotatable bonds is 6. The summed E-state index contributed by atoms with van der Waals surface area (Å²) in [5.74, 6) is 0.263. The fraction of sp³-hybridized carbons (Fsp3) is 0.0833. The summed E-state index contributed by atoms with van der Waals surface area (Å²) in [6.45, 7) is 0.562. The fourth-order valence-corrected chi connectivity index (χ4v) is 3.04. The van der Waals surface area contributed by atoms with Gasteiger partial charge in [0, 0.05) is 42.8 Å². The molecule has 7 heteroatoms. The molecule has 4 rings (SSSR count). The van der Waals surface area contributed by atoms with Crippen LogP contribution >= 0.6 is 0 Å². The van der Waals surface area contributed by atoms with Crippen molar-refractivity contribution < 1.29 is 9.18 Å². The lowest BCUT2D eigenvalue weighted by atomic mass is 10.1. The Morgan fingerprint density at radius 2 is 1.61 bits per heavy atom. The quantitative estimate of drug-likeness (QED) is 0.502. The minimum absolute atomic E-state index is 0.0928. The normalized spacial score (nSPS) is 10.5. The molecule has 0 spiro atoms. The molecule has 0 saturated heterocycles. The number of hydrogen-bond donors (Lipinski definition) is 1. The lowest BCUT2D eigenvalue weighted by Crippen LogP contribution is -2.26. The van der Waals surface area contributed by atoms with E-state index in [9.17, 15) is 9.18 Å². The fourth-order valence-electron chi connectivity index (χ4n) is 3.04. The Labute approximate surface area is 179 Å². The van der Waals surface area contributed by atoms with Crippen LogP contribution in [-0.2, 0) is 6.54 Å². The van der Waals surface area contributed by atoms with Gasteiger partial charge in [0.1, 0.15) is 11.6 Å². The molecule has 0 fully saturated rings. The van der Waals surface area contributed by atoms with Gasteiger partial charge in [-0.2, -0.15) is 0 Å². The molecule has 1 N–H and O–H groups in total. The topological polar surface area (TPSA) is 71.0 Å². The zero-order valence-corrected chi connectivity index (χ0v) is 16.9. The van der Waals surface area contributed by atoms with Crippen molar-refractivity contribution in [2.45, 2.75) is 6.54 Å². The van der Waals surface area contributed by atoms with Crippen LogP contribution in [0.4, 0.5) is 15.9 Å². The van der Waals surface area contributed by atoms with E-state index < -0.39 is 0 Å². The number of anilines is 2. The van der Waals surface area contributed by atoms with Crippen LogP contribution in [0.15, 0.2) is 85.2 Å². The summed E-state index contributed by atoms with van der Waals surface area (Å²) in [7, 11) is 1.74. The first kappa shape index (κ1) is 20.2. The highest BCUT2D eigenvalue weighted by Gasteiger charge is 2.13. The number of hydrogen-bond acceptors (Lipinski definition) is 5. The third kappa shape index (κ3) is 4.90. The molecule has 2 aromatic carbocycles. The number of aromatic nitrogens is 3. The zero-order valence-electron chi connectivity index (χ0n) is 16.9. The third-order valence-electron chi connectivity index (χ3n) is 4.83. The smallest absolute Gasteiger partial charge is 0.258 e. The van der Waals surface area contributed by atoms with Gasteiger partial charge < -0.3 is 10.2 Å². The van der Waals surface area contributed by atoms with Crippen LogP contribution in [0.3, 0.4) is 0 Å². The first-order valence-corrected chi connectivity index (χ1v) is 9.71. The van der Waals surface area contributed by atoms with Gasteiger partial charge in [0.05, 0.1) is 5.69 Å². The summed E-state index contributed by atoms with van der Waals surface area (Å²) in [5, 5.41) is 11.6. The first-order valence-electron chi connectivity index (χ1n) is 9.71. The van der Waals surface area contributed by atoms with Crippen molar-refractivity contribution >= 4 is 17.4 Å². The van der Waals surface area contributed by atoms with Crippen LogP contribution in [0.2, 0.25) is 0 Å². The Morgan fingerprint density at radius 3 is 2.26 bits per heavy atom. The summed E-state index contributed by atoms with van der Waals surface area (Å²) < 4.78 is 13.0. The second-order valence-corrected chi connectivity index (χ2v) is 6.93. The Bertz CT molecular complexity index is 1150. The lowest BCUT2D eigenvalue weighted by Gasteiger charge is -2.17. The summed E-state index contributed by atoms with van der Waals surface area (Å²) in [6.07, 6.45) is 3.20.